The molecule has 7 heteroatoms. The molecule has 0 amide bonds. The van der Waals surface area contributed by atoms with Crippen LogP contribution in [0.4, 0.5) is 0 Å². The van der Waals surface area contributed by atoms with Crippen LogP contribution in [0.5, 0.6) is 0 Å². The first kappa shape index (κ1) is 17.6. The molecular weight excluding hydrogens is 431 g/mol. The fourth-order valence-corrected chi connectivity index (χ4v) is 3.26. The Bertz CT molecular complexity index is 765. The largest absolute Gasteiger partial charge is 0.463 e. The predicted octanol–water partition coefficient (Wildman–Crippen LogP) is 3.59. The van der Waals surface area contributed by atoms with Gasteiger partial charge in [-0.3, -0.25) is 0 Å². The molecule has 0 aliphatic carbocycles. The number of nitrogens with two attached hydrogens (primary N) is 1. The quantitative estimate of drug-likeness (QED) is 0.569. The maximum absolute atomic E-state index is 12.4. The predicted molar refractivity (Wildman–Crippen MR) is 94.2 cm³/mol. The molecule has 23 heavy (non-hydrogen) atoms. The fraction of sp³-hybridized carbons (Fsp3) is 0.250. The minimum Gasteiger partial charge on any atom is -0.463 e. The lowest BCUT2D eigenvalue weighted by Gasteiger charge is -2.27. The summed E-state index contributed by atoms with van der Waals surface area (Å²) in [5, 5.41) is 10.0. The number of nitrogens with zero attached hydrogens (tertiary/aromatic N) is 1. The summed E-state index contributed by atoms with van der Waals surface area (Å²) in [6.07, 6.45) is 0. The fourth-order valence-electron chi connectivity index (χ4n) is 2.41. The molecule has 1 atom stereocenters. The number of esters is 1. The van der Waals surface area contributed by atoms with Crippen molar-refractivity contribution in [3.8, 4) is 6.07 Å². The second-order valence-electron chi connectivity index (χ2n) is 4.76. The van der Waals surface area contributed by atoms with E-state index in [1.54, 1.807) is 32.0 Å². The van der Waals surface area contributed by atoms with Gasteiger partial charge in [-0.1, -0.05) is 23.7 Å². The van der Waals surface area contributed by atoms with Gasteiger partial charge in [-0.05, 0) is 48.1 Å². The minimum absolute atomic E-state index is 0.0150. The third-order valence-corrected chi connectivity index (χ3v) is 5.23. The summed E-state index contributed by atoms with van der Waals surface area (Å²) in [7, 11) is 0. The lowest BCUT2D eigenvalue weighted by molar-refractivity contribution is -0.139. The van der Waals surface area contributed by atoms with Gasteiger partial charge in [0.1, 0.15) is 17.4 Å². The van der Waals surface area contributed by atoms with Crippen molar-refractivity contribution in [2.45, 2.75) is 19.8 Å². The van der Waals surface area contributed by atoms with Crippen LogP contribution < -0.4 is 5.73 Å². The first-order chi connectivity index (χ1) is 10.9. The van der Waals surface area contributed by atoms with Gasteiger partial charge in [0.25, 0.3) is 0 Å². The van der Waals surface area contributed by atoms with Gasteiger partial charge in [0.05, 0.1) is 23.1 Å². The highest BCUT2D eigenvalue weighted by molar-refractivity contribution is 14.1. The summed E-state index contributed by atoms with van der Waals surface area (Å²) in [4.78, 5) is 12.4. The van der Waals surface area contributed by atoms with E-state index in [0.717, 1.165) is 3.57 Å². The summed E-state index contributed by atoms with van der Waals surface area (Å²) in [5.41, 5.74) is 6.98. The molecule has 1 aromatic rings. The lowest BCUT2D eigenvalue weighted by atomic mass is 9.83. The molecule has 1 heterocycles. The first-order valence-electron chi connectivity index (χ1n) is 6.81. The third-order valence-electron chi connectivity index (χ3n) is 3.39. The Kier molecular flexibility index (Phi) is 5.55. The Labute approximate surface area is 152 Å². The number of allylic oxidation sites excluding steroid dienone is 2. The average molecular weight is 445 g/mol. The van der Waals surface area contributed by atoms with Crippen LogP contribution in [0, 0.1) is 14.9 Å². The molecule has 120 valence electrons. The molecule has 0 spiro atoms. The van der Waals surface area contributed by atoms with E-state index >= 15 is 0 Å². The highest BCUT2D eigenvalue weighted by atomic mass is 127. The first-order valence-corrected chi connectivity index (χ1v) is 8.27. The van der Waals surface area contributed by atoms with Crippen LogP contribution in [0.1, 0.15) is 25.3 Å². The van der Waals surface area contributed by atoms with Gasteiger partial charge >= 0.3 is 5.97 Å². The Hall–Kier alpha value is -1.72. The third kappa shape index (κ3) is 3.31. The van der Waals surface area contributed by atoms with Gasteiger partial charge in [-0.2, -0.15) is 5.26 Å². The Morgan fingerprint density at radius 1 is 1.57 bits per heavy atom. The van der Waals surface area contributed by atoms with Crippen LogP contribution in [0.3, 0.4) is 0 Å². The van der Waals surface area contributed by atoms with E-state index in [9.17, 15) is 10.1 Å². The SMILES string of the molecule is CCOC(=O)C1=C(C)OC(N)=C(C#N)C1c1cccc(Cl)c1I. The summed E-state index contributed by atoms with van der Waals surface area (Å²) in [6, 6.07) is 7.35. The smallest absolute Gasteiger partial charge is 0.338 e. The van der Waals surface area contributed by atoms with Gasteiger partial charge in [0.2, 0.25) is 5.88 Å². The minimum atomic E-state index is -0.668. The standard InChI is InChI=1S/C16H14ClIN2O3/c1-3-22-16(21)12-8(2)23-15(20)10(7-19)13(12)9-5-4-6-11(17)14(9)18/h4-6,13H,3,20H2,1-2H3. The zero-order valence-electron chi connectivity index (χ0n) is 12.5. The summed E-state index contributed by atoms with van der Waals surface area (Å²) >= 11 is 8.27. The van der Waals surface area contributed by atoms with E-state index < -0.39 is 11.9 Å². The number of rotatable bonds is 3. The number of halogens is 2. The van der Waals surface area contributed by atoms with Crippen molar-refractivity contribution in [3.63, 3.8) is 0 Å². The molecule has 0 radical (unpaired) electrons. The van der Waals surface area contributed by atoms with Crippen LogP contribution >= 0.6 is 34.2 Å². The molecule has 0 fully saturated rings. The Balaban J connectivity index is 2.69. The summed E-state index contributed by atoms with van der Waals surface area (Å²) < 4.78 is 11.2. The molecule has 0 aromatic heterocycles. The van der Waals surface area contributed by atoms with Gasteiger partial charge < -0.3 is 15.2 Å². The molecule has 1 unspecified atom stereocenters. The van der Waals surface area contributed by atoms with Gasteiger partial charge in [-0.15, -0.1) is 0 Å². The highest BCUT2D eigenvalue weighted by Crippen LogP contribution is 2.42. The van der Waals surface area contributed by atoms with Gasteiger partial charge in [-0.25, -0.2) is 4.79 Å². The van der Waals surface area contributed by atoms with Crippen molar-refractivity contribution in [1.29, 1.82) is 5.26 Å². The van der Waals surface area contributed by atoms with Crippen LogP contribution in [0.15, 0.2) is 41.0 Å². The van der Waals surface area contributed by atoms with E-state index in [1.807, 2.05) is 6.07 Å². The van der Waals surface area contributed by atoms with Crippen molar-refractivity contribution in [1.82, 2.24) is 0 Å². The number of carbonyl (C=O) groups excluding carboxylic acids is 1. The molecule has 1 aromatic carbocycles. The van der Waals surface area contributed by atoms with Crippen molar-refractivity contribution in [3.05, 3.63) is 55.1 Å². The monoisotopic (exact) mass is 444 g/mol. The Morgan fingerprint density at radius 3 is 2.87 bits per heavy atom. The number of ether oxygens (including phenoxy) is 2. The van der Waals surface area contributed by atoms with Crippen molar-refractivity contribution in [2.24, 2.45) is 5.73 Å². The maximum Gasteiger partial charge on any atom is 0.338 e. The molecular formula is C16H14ClIN2O3. The number of benzene rings is 1. The average Bonchev–Trinajstić information content (AvgIpc) is 2.49. The number of carbonyl (C=O) groups is 1. The van der Waals surface area contributed by atoms with Gasteiger partial charge in [0, 0.05) is 3.57 Å². The summed E-state index contributed by atoms with van der Waals surface area (Å²) in [6.45, 7) is 3.55. The zero-order valence-corrected chi connectivity index (χ0v) is 15.4. The Morgan fingerprint density at radius 2 is 2.26 bits per heavy atom. The van der Waals surface area contributed by atoms with E-state index in [0.29, 0.717) is 16.3 Å². The molecule has 5 nitrogen and oxygen atoms in total. The summed E-state index contributed by atoms with van der Waals surface area (Å²) in [5.74, 6) is -0.899. The molecule has 1 aliphatic rings. The van der Waals surface area contributed by atoms with Crippen molar-refractivity contribution < 1.29 is 14.3 Å². The maximum atomic E-state index is 12.4. The number of nitriles is 1. The van der Waals surface area contributed by atoms with Crippen LogP contribution in [0.25, 0.3) is 0 Å². The number of hydrogen-bond acceptors (Lipinski definition) is 5. The number of hydrogen-bond donors (Lipinski definition) is 1. The molecule has 1 aliphatic heterocycles. The molecule has 2 N–H and O–H groups in total. The topological polar surface area (TPSA) is 85.3 Å². The molecule has 0 saturated heterocycles. The zero-order chi connectivity index (χ0) is 17.1. The van der Waals surface area contributed by atoms with E-state index in [2.05, 4.69) is 22.6 Å². The van der Waals surface area contributed by atoms with E-state index in [1.165, 1.54) is 0 Å². The molecule has 0 saturated carbocycles. The van der Waals surface area contributed by atoms with Crippen molar-refractivity contribution >= 4 is 40.2 Å². The van der Waals surface area contributed by atoms with Crippen LogP contribution in [0.2, 0.25) is 5.02 Å². The molecule has 0 bridgehead atoms. The second-order valence-corrected chi connectivity index (χ2v) is 6.24. The normalized spacial score (nSPS) is 17.6. The van der Waals surface area contributed by atoms with E-state index in [-0.39, 0.29) is 23.6 Å². The van der Waals surface area contributed by atoms with Crippen LogP contribution in [-0.4, -0.2) is 12.6 Å². The van der Waals surface area contributed by atoms with E-state index in [4.69, 9.17) is 26.8 Å². The highest BCUT2D eigenvalue weighted by Gasteiger charge is 2.37. The van der Waals surface area contributed by atoms with Gasteiger partial charge in [0.15, 0.2) is 0 Å². The second kappa shape index (κ2) is 7.23. The lowest BCUT2D eigenvalue weighted by Crippen LogP contribution is -2.26. The van der Waals surface area contributed by atoms with Crippen molar-refractivity contribution in [2.75, 3.05) is 6.61 Å². The van der Waals surface area contributed by atoms with Crippen LogP contribution in [-0.2, 0) is 14.3 Å². The molecule has 2 rings (SSSR count).